The summed E-state index contributed by atoms with van der Waals surface area (Å²) in [5.41, 5.74) is 2.58. The van der Waals surface area contributed by atoms with E-state index < -0.39 is 14.3 Å². The van der Waals surface area contributed by atoms with Gasteiger partial charge in [-0.3, -0.25) is 9.78 Å². The van der Waals surface area contributed by atoms with Crippen molar-refractivity contribution < 1.29 is 18.8 Å². The van der Waals surface area contributed by atoms with E-state index in [0.29, 0.717) is 5.70 Å². The van der Waals surface area contributed by atoms with Gasteiger partial charge in [0.2, 0.25) is 5.91 Å². The summed E-state index contributed by atoms with van der Waals surface area (Å²) in [6, 6.07) is 3.88. The van der Waals surface area contributed by atoms with Crippen molar-refractivity contribution >= 4 is 26.3 Å². The highest BCUT2D eigenvalue weighted by Gasteiger charge is 2.63. The average Bonchev–Trinajstić information content (AvgIpc) is 3.12. The van der Waals surface area contributed by atoms with Crippen molar-refractivity contribution in [2.75, 3.05) is 6.61 Å². The molecule has 0 unspecified atom stereocenters. The van der Waals surface area contributed by atoms with Crippen LogP contribution in [0.2, 0.25) is 18.1 Å². The summed E-state index contributed by atoms with van der Waals surface area (Å²) >= 11 is 0. The molecule has 5 atom stereocenters. The molecular formula is C29H40N2O4Si. The van der Waals surface area contributed by atoms with E-state index in [9.17, 15) is 9.59 Å². The van der Waals surface area contributed by atoms with Crippen LogP contribution in [0.25, 0.3) is 6.08 Å². The Hall–Kier alpha value is -2.51. The number of carbonyl (C=O) groups excluding carboxylic acids is 2. The molecule has 0 spiro atoms. The number of β-lactam (4-membered cyclic amide) rings is 1. The predicted molar refractivity (Wildman–Crippen MR) is 144 cm³/mol. The molecule has 1 amide bonds. The number of rotatable bonds is 8. The Kier molecular flexibility index (Phi) is 7.44. The minimum atomic E-state index is -2.05. The normalized spacial score (nSPS) is 26.9. The van der Waals surface area contributed by atoms with Crippen LogP contribution in [0.15, 0.2) is 54.5 Å². The van der Waals surface area contributed by atoms with Crippen LogP contribution in [-0.2, 0) is 18.8 Å². The highest BCUT2D eigenvalue weighted by Crippen LogP contribution is 2.55. The van der Waals surface area contributed by atoms with Crippen molar-refractivity contribution in [2.24, 2.45) is 17.8 Å². The molecule has 1 saturated carbocycles. The van der Waals surface area contributed by atoms with Crippen molar-refractivity contribution in [2.45, 2.75) is 77.2 Å². The zero-order valence-corrected chi connectivity index (χ0v) is 23.5. The van der Waals surface area contributed by atoms with Gasteiger partial charge in [0.1, 0.15) is 12.3 Å². The van der Waals surface area contributed by atoms with Crippen LogP contribution < -0.4 is 0 Å². The topological polar surface area (TPSA) is 68.7 Å². The summed E-state index contributed by atoms with van der Waals surface area (Å²) in [5, 5.41) is 0.0557. The molecule has 1 aromatic rings. The fraction of sp³-hybridized carbons (Fsp3) is 0.552. The summed E-state index contributed by atoms with van der Waals surface area (Å²) in [6.07, 6.45) is 12.1. The highest BCUT2D eigenvalue weighted by atomic mass is 28.4. The van der Waals surface area contributed by atoms with Crippen LogP contribution >= 0.6 is 0 Å². The van der Waals surface area contributed by atoms with Crippen LogP contribution in [0.1, 0.15) is 52.5 Å². The van der Waals surface area contributed by atoms with Gasteiger partial charge in [-0.1, -0.05) is 52.0 Å². The summed E-state index contributed by atoms with van der Waals surface area (Å²) < 4.78 is 12.2. The second kappa shape index (κ2) is 10.1. The van der Waals surface area contributed by atoms with Crippen molar-refractivity contribution in [1.82, 2.24) is 9.88 Å². The third-order valence-corrected chi connectivity index (χ3v) is 13.1. The summed E-state index contributed by atoms with van der Waals surface area (Å²) in [4.78, 5) is 32.7. The fourth-order valence-corrected chi connectivity index (χ4v) is 7.15. The Labute approximate surface area is 216 Å². The van der Waals surface area contributed by atoms with Crippen LogP contribution in [0, 0.1) is 17.8 Å². The number of hydrogen-bond acceptors (Lipinski definition) is 5. The Morgan fingerprint density at radius 2 is 1.97 bits per heavy atom. The zero-order valence-electron chi connectivity index (χ0n) is 22.5. The number of pyridine rings is 1. The van der Waals surface area contributed by atoms with E-state index >= 15 is 0 Å². The van der Waals surface area contributed by atoms with Gasteiger partial charge < -0.3 is 14.1 Å². The molecule has 7 heteroatoms. The van der Waals surface area contributed by atoms with E-state index in [1.165, 1.54) is 0 Å². The Morgan fingerprint density at radius 3 is 2.61 bits per heavy atom. The lowest BCUT2D eigenvalue weighted by Gasteiger charge is -2.51. The van der Waals surface area contributed by atoms with E-state index in [4.69, 9.17) is 9.16 Å². The van der Waals surface area contributed by atoms with E-state index in [-0.39, 0.29) is 47.5 Å². The molecule has 194 valence electrons. The van der Waals surface area contributed by atoms with E-state index in [2.05, 4.69) is 57.6 Å². The molecule has 6 nitrogen and oxygen atoms in total. The highest BCUT2D eigenvalue weighted by molar-refractivity contribution is 6.74. The van der Waals surface area contributed by atoms with Crippen LogP contribution in [0.4, 0.5) is 0 Å². The van der Waals surface area contributed by atoms with E-state index in [1.54, 1.807) is 23.4 Å². The molecule has 0 aromatic carbocycles. The molecule has 2 fully saturated rings. The molecule has 0 N–H and O–H groups in total. The predicted octanol–water partition coefficient (Wildman–Crippen LogP) is 5.75. The molecule has 0 radical (unpaired) electrons. The molecule has 1 aliphatic carbocycles. The third kappa shape index (κ3) is 4.75. The number of allylic oxidation sites excluding steroid dienone is 1. The summed E-state index contributed by atoms with van der Waals surface area (Å²) in [5.74, 6) is -0.460. The second-order valence-electron chi connectivity index (χ2n) is 11.8. The first-order valence-corrected chi connectivity index (χ1v) is 16.0. The molecule has 2 aliphatic heterocycles. The van der Waals surface area contributed by atoms with Crippen molar-refractivity contribution in [1.29, 1.82) is 0 Å². The standard InChI is InChI=1S/C29H40N2O4Si/c1-8-18-34-28(33)26-24-21(13-12-20-14-16-30-17-15-20)10-9-11-22(24)25-23(27(32)31(25)26)19(2)35-36(6,7)29(3,4)5/h8,12-17,19,21-23,25H,1,9-11,18H2,2-7H3/b13-12-/t19-,21-,22+,23-,25-/m1/s1. The molecule has 4 rings (SSSR count). The van der Waals surface area contributed by atoms with Crippen molar-refractivity contribution in [3.63, 3.8) is 0 Å². The van der Waals surface area contributed by atoms with Gasteiger partial charge in [0.25, 0.3) is 0 Å². The molecular weight excluding hydrogens is 468 g/mol. The van der Waals surface area contributed by atoms with E-state index in [1.807, 2.05) is 19.1 Å². The summed E-state index contributed by atoms with van der Waals surface area (Å²) in [7, 11) is -2.05. The number of fused-ring (bicyclic) bond motifs is 3. The lowest BCUT2D eigenvalue weighted by molar-refractivity contribution is -0.163. The molecule has 3 heterocycles. The minimum absolute atomic E-state index is 0.0180. The first-order chi connectivity index (χ1) is 17.0. The van der Waals surface area contributed by atoms with E-state index in [0.717, 1.165) is 30.4 Å². The Balaban J connectivity index is 1.66. The van der Waals surface area contributed by atoms with Gasteiger partial charge in [-0.05, 0) is 61.2 Å². The fourth-order valence-electron chi connectivity index (χ4n) is 5.72. The molecule has 1 saturated heterocycles. The maximum absolute atomic E-state index is 13.6. The number of aromatic nitrogens is 1. The van der Waals surface area contributed by atoms with Gasteiger partial charge in [0, 0.05) is 24.2 Å². The van der Waals surface area contributed by atoms with Gasteiger partial charge >= 0.3 is 5.97 Å². The maximum Gasteiger partial charge on any atom is 0.355 e. The number of esters is 1. The van der Waals surface area contributed by atoms with Gasteiger partial charge in [-0.15, -0.1) is 0 Å². The van der Waals surface area contributed by atoms with Crippen molar-refractivity contribution in [3.05, 3.63) is 60.1 Å². The number of amides is 1. The van der Waals surface area contributed by atoms with Crippen LogP contribution in [0.3, 0.4) is 0 Å². The third-order valence-electron chi connectivity index (χ3n) is 8.49. The largest absolute Gasteiger partial charge is 0.457 e. The number of ether oxygens (including phenoxy) is 1. The minimum Gasteiger partial charge on any atom is -0.457 e. The van der Waals surface area contributed by atoms with Crippen molar-refractivity contribution in [3.8, 4) is 0 Å². The number of hydrogen-bond donors (Lipinski definition) is 0. The second-order valence-corrected chi connectivity index (χ2v) is 16.5. The number of nitrogens with zero attached hydrogens (tertiary/aromatic N) is 2. The Bertz CT molecular complexity index is 1070. The first-order valence-electron chi connectivity index (χ1n) is 13.1. The SMILES string of the molecule is C=CCOC(=O)C1=C2[C@@H](/C=C\c3ccncc3)CCC[C@@H]2[C@@H]2[C@@H]([C@@H](C)O[Si](C)(C)C(C)(C)C)C(=O)N12. The van der Waals surface area contributed by atoms with Gasteiger partial charge in [0.15, 0.2) is 8.32 Å². The first kappa shape index (κ1) is 26.5. The van der Waals surface area contributed by atoms with Gasteiger partial charge in [-0.25, -0.2) is 4.79 Å². The monoisotopic (exact) mass is 508 g/mol. The van der Waals surface area contributed by atoms with Gasteiger partial charge in [0.05, 0.1) is 18.1 Å². The van der Waals surface area contributed by atoms with Crippen LogP contribution in [-0.4, -0.2) is 48.8 Å². The average molecular weight is 509 g/mol. The molecule has 0 bridgehead atoms. The quantitative estimate of drug-likeness (QED) is 0.194. The lowest BCUT2D eigenvalue weighted by Crippen LogP contribution is -2.65. The number of carbonyl (C=O) groups is 2. The maximum atomic E-state index is 13.6. The summed E-state index contributed by atoms with van der Waals surface area (Å²) in [6.45, 7) is 16.9. The zero-order chi connectivity index (χ0) is 26.3. The lowest BCUT2D eigenvalue weighted by atomic mass is 9.69. The molecule has 3 aliphatic rings. The Morgan fingerprint density at radius 1 is 1.28 bits per heavy atom. The molecule has 1 aromatic heterocycles. The van der Waals surface area contributed by atoms with Crippen LogP contribution in [0.5, 0.6) is 0 Å². The smallest absolute Gasteiger partial charge is 0.355 e. The molecule has 36 heavy (non-hydrogen) atoms. The van der Waals surface area contributed by atoms with Gasteiger partial charge in [-0.2, -0.15) is 0 Å².